The average molecular weight is 302 g/mol. The van der Waals surface area contributed by atoms with E-state index in [4.69, 9.17) is 18.0 Å². The number of amides is 1. The molecule has 110 valence electrons. The van der Waals surface area contributed by atoms with Gasteiger partial charge in [-0.2, -0.15) is 5.10 Å². The van der Waals surface area contributed by atoms with E-state index in [0.717, 1.165) is 11.1 Å². The first-order chi connectivity index (χ1) is 10.1. The van der Waals surface area contributed by atoms with Gasteiger partial charge in [0.05, 0.1) is 11.2 Å². The van der Waals surface area contributed by atoms with Crippen LogP contribution in [-0.2, 0) is 11.3 Å². The van der Waals surface area contributed by atoms with Gasteiger partial charge in [-0.05, 0) is 5.56 Å². The minimum absolute atomic E-state index is 0.0195. The third kappa shape index (κ3) is 4.39. The molecule has 1 aromatic carbocycles. The Hall–Kier alpha value is -2.21. The fourth-order valence-electron chi connectivity index (χ4n) is 1.89. The number of hydrogen-bond donors (Lipinski definition) is 1. The molecule has 0 spiro atoms. The maximum atomic E-state index is 12.1. The van der Waals surface area contributed by atoms with E-state index in [1.165, 1.54) is 0 Å². The van der Waals surface area contributed by atoms with Crippen molar-refractivity contribution < 1.29 is 4.79 Å². The van der Waals surface area contributed by atoms with Gasteiger partial charge in [0.1, 0.15) is 6.54 Å². The highest BCUT2D eigenvalue weighted by molar-refractivity contribution is 7.80. The molecule has 1 amide bonds. The van der Waals surface area contributed by atoms with Gasteiger partial charge in [0.15, 0.2) is 0 Å². The second-order valence-corrected chi connectivity index (χ2v) is 5.35. The number of nitrogens with two attached hydrogens (primary N) is 1. The molecule has 0 aliphatic rings. The van der Waals surface area contributed by atoms with Crippen molar-refractivity contribution in [2.24, 2.45) is 5.73 Å². The Morgan fingerprint density at radius 1 is 1.33 bits per heavy atom. The Morgan fingerprint density at radius 3 is 2.71 bits per heavy atom. The zero-order valence-electron chi connectivity index (χ0n) is 11.9. The highest BCUT2D eigenvalue weighted by Gasteiger charge is 2.11. The molecule has 21 heavy (non-hydrogen) atoms. The van der Waals surface area contributed by atoms with Gasteiger partial charge < -0.3 is 10.6 Å². The maximum absolute atomic E-state index is 12.1. The summed E-state index contributed by atoms with van der Waals surface area (Å²) in [6.07, 6.45) is 4.16. The van der Waals surface area contributed by atoms with Crippen LogP contribution in [0.3, 0.4) is 0 Å². The van der Waals surface area contributed by atoms with Gasteiger partial charge in [-0.3, -0.25) is 9.48 Å². The molecule has 0 saturated carbocycles. The van der Waals surface area contributed by atoms with Crippen molar-refractivity contribution in [1.29, 1.82) is 0 Å². The molecule has 0 aliphatic carbocycles. The predicted octanol–water partition coefficient (Wildman–Crippen LogP) is 1.68. The fourth-order valence-corrected chi connectivity index (χ4v) is 1.98. The number of hydrogen-bond acceptors (Lipinski definition) is 3. The molecule has 6 heteroatoms. The first-order valence-corrected chi connectivity index (χ1v) is 7.07. The largest absolute Gasteiger partial charge is 0.393 e. The minimum atomic E-state index is -0.0195. The van der Waals surface area contributed by atoms with E-state index < -0.39 is 0 Å². The highest BCUT2D eigenvalue weighted by Crippen LogP contribution is 2.17. The molecule has 1 aromatic heterocycles. The number of rotatable bonds is 6. The number of thiocarbonyl (C=S) groups is 1. The zero-order valence-corrected chi connectivity index (χ0v) is 12.7. The quantitative estimate of drug-likeness (QED) is 0.825. The topological polar surface area (TPSA) is 64.2 Å². The molecule has 0 atom stereocenters. The number of carbonyl (C=O) groups is 1. The molecule has 2 aromatic rings. The van der Waals surface area contributed by atoms with Gasteiger partial charge in [0.2, 0.25) is 5.91 Å². The van der Waals surface area contributed by atoms with Gasteiger partial charge in [-0.1, -0.05) is 42.5 Å². The first kappa shape index (κ1) is 15.2. The summed E-state index contributed by atoms with van der Waals surface area (Å²) in [6.45, 7) is 0.738. The highest BCUT2D eigenvalue weighted by atomic mass is 32.1. The number of carbonyl (C=O) groups excluding carboxylic acids is 1. The van der Waals surface area contributed by atoms with Crippen LogP contribution in [-0.4, -0.2) is 39.2 Å². The second kappa shape index (κ2) is 6.99. The third-order valence-electron chi connectivity index (χ3n) is 3.16. The Bertz CT molecular complexity index is 624. The van der Waals surface area contributed by atoms with Crippen molar-refractivity contribution in [3.63, 3.8) is 0 Å². The standard InChI is InChI=1S/C15H18N4OS/c1-18(8-7-14(16)21)15(20)11-19-10-13(9-17-19)12-5-3-2-4-6-12/h2-6,9-10H,7-8,11H2,1H3,(H2,16,21). The van der Waals surface area contributed by atoms with E-state index >= 15 is 0 Å². The van der Waals surface area contributed by atoms with Crippen LogP contribution in [0.5, 0.6) is 0 Å². The van der Waals surface area contributed by atoms with Crippen molar-refractivity contribution in [3.8, 4) is 11.1 Å². The van der Waals surface area contributed by atoms with Gasteiger partial charge in [-0.25, -0.2) is 0 Å². The molecular formula is C15H18N4OS. The average Bonchev–Trinajstić information content (AvgIpc) is 2.94. The predicted molar refractivity (Wildman–Crippen MR) is 86.7 cm³/mol. The number of nitrogens with zero attached hydrogens (tertiary/aromatic N) is 3. The SMILES string of the molecule is CN(CCC(N)=S)C(=O)Cn1cc(-c2ccccc2)cn1. The van der Waals surface area contributed by atoms with Crippen LogP contribution in [0.15, 0.2) is 42.7 Å². The van der Waals surface area contributed by atoms with E-state index in [1.807, 2.05) is 36.5 Å². The minimum Gasteiger partial charge on any atom is -0.393 e. The lowest BCUT2D eigenvalue weighted by Crippen LogP contribution is -2.32. The van der Waals surface area contributed by atoms with Gasteiger partial charge in [-0.15, -0.1) is 0 Å². The number of aromatic nitrogens is 2. The smallest absolute Gasteiger partial charge is 0.244 e. The first-order valence-electron chi connectivity index (χ1n) is 6.66. The third-order valence-corrected chi connectivity index (χ3v) is 3.36. The lowest BCUT2D eigenvalue weighted by Gasteiger charge is -2.16. The number of likely N-dealkylation sites (N-methyl/N-ethyl adjacent to an activating group) is 1. The molecular weight excluding hydrogens is 284 g/mol. The van der Waals surface area contributed by atoms with Crippen LogP contribution < -0.4 is 5.73 Å². The second-order valence-electron chi connectivity index (χ2n) is 4.82. The molecule has 2 rings (SSSR count). The summed E-state index contributed by atoms with van der Waals surface area (Å²) in [5, 5.41) is 4.23. The fraction of sp³-hybridized carbons (Fsp3) is 0.267. The molecule has 0 fully saturated rings. The van der Waals surface area contributed by atoms with Crippen LogP contribution in [0.1, 0.15) is 6.42 Å². The van der Waals surface area contributed by atoms with E-state index in [9.17, 15) is 4.79 Å². The molecule has 5 nitrogen and oxygen atoms in total. The molecule has 0 radical (unpaired) electrons. The molecule has 0 bridgehead atoms. The Morgan fingerprint density at radius 2 is 2.05 bits per heavy atom. The van der Waals surface area contributed by atoms with Crippen molar-refractivity contribution >= 4 is 23.1 Å². The lowest BCUT2D eigenvalue weighted by molar-refractivity contribution is -0.130. The zero-order chi connectivity index (χ0) is 15.2. The van der Waals surface area contributed by atoms with Gasteiger partial charge >= 0.3 is 0 Å². The Kier molecular flexibility index (Phi) is 5.05. The normalized spacial score (nSPS) is 10.3. The van der Waals surface area contributed by atoms with Gasteiger partial charge in [0, 0.05) is 31.8 Å². The summed E-state index contributed by atoms with van der Waals surface area (Å²) in [5.74, 6) is -0.0195. The lowest BCUT2D eigenvalue weighted by atomic mass is 10.1. The van der Waals surface area contributed by atoms with Crippen LogP contribution in [0.2, 0.25) is 0 Å². The van der Waals surface area contributed by atoms with Crippen molar-refractivity contribution in [2.75, 3.05) is 13.6 Å². The van der Waals surface area contributed by atoms with Gasteiger partial charge in [0.25, 0.3) is 0 Å². The van der Waals surface area contributed by atoms with Crippen molar-refractivity contribution in [2.45, 2.75) is 13.0 Å². The summed E-state index contributed by atoms with van der Waals surface area (Å²) in [5.41, 5.74) is 7.51. The molecule has 2 N–H and O–H groups in total. The molecule has 1 heterocycles. The maximum Gasteiger partial charge on any atom is 0.244 e. The summed E-state index contributed by atoms with van der Waals surface area (Å²) in [6, 6.07) is 9.94. The molecule has 0 saturated heterocycles. The summed E-state index contributed by atoms with van der Waals surface area (Å²) < 4.78 is 1.64. The monoisotopic (exact) mass is 302 g/mol. The summed E-state index contributed by atoms with van der Waals surface area (Å²) >= 11 is 4.81. The van der Waals surface area contributed by atoms with Crippen LogP contribution in [0, 0.1) is 0 Å². The van der Waals surface area contributed by atoms with E-state index in [2.05, 4.69) is 5.10 Å². The van der Waals surface area contributed by atoms with Crippen LogP contribution in [0.4, 0.5) is 0 Å². The van der Waals surface area contributed by atoms with E-state index in [-0.39, 0.29) is 12.5 Å². The summed E-state index contributed by atoms with van der Waals surface area (Å²) in [7, 11) is 1.74. The number of benzene rings is 1. The van der Waals surface area contributed by atoms with Crippen molar-refractivity contribution in [1.82, 2.24) is 14.7 Å². The van der Waals surface area contributed by atoms with Crippen molar-refractivity contribution in [3.05, 3.63) is 42.7 Å². The van der Waals surface area contributed by atoms with Crippen LogP contribution >= 0.6 is 12.2 Å². The van der Waals surface area contributed by atoms with E-state index in [0.29, 0.717) is 18.0 Å². The summed E-state index contributed by atoms with van der Waals surface area (Å²) in [4.78, 5) is 14.1. The van der Waals surface area contributed by atoms with E-state index in [1.54, 1.807) is 22.8 Å². The molecule has 0 aliphatic heterocycles. The molecule has 0 unspecified atom stereocenters. The van der Waals surface area contributed by atoms with Crippen LogP contribution in [0.25, 0.3) is 11.1 Å². The Labute approximate surface area is 129 Å². The Balaban J connectivity index is 1.96.